The van der Waals surface area contributed by atoms with Crippen molar-refractivity contribution in [2.24, 2.45) is 0 Å². The number of aromatic nitrogens is 1. The van der Waals surface area contributed by atoms with Crippen molar-refractivity contribution in [3.8, 4) is 0 Å². The molecule has 0 spiro atoms. The first-order valence-corrected chi connectivity index (χ1v) is 12.4. The van der Waals surface area contributed by atoms with Crippen molar-refractivity contribution in [3.05, 3.63) is 83.3 Å². The number of benzene rings is 2. The van der Waals surface area contributed by atoms with Gasteiger partial charge < -0.3 is 29.0 Å². The summed E-state index contributed by atoms with van der Waals surface area (Å²) < 4.78 is 24.3. The second kappa shape index (κ2) is 12.4. The molecule has 0 saturated carbocycles. The molecule has 1 N–H and O–H groups in total. The van der Waals surface area contributed by atoms with Crippen LogP contribution in [0.1, 0.15) is 40.7 Å². The van der Waals surface area contributed by atoms with Crippen LogP contribution in [0.25, 0.3) is 10.9 Å². The number of amides is 1. The van der Waals surface area contributed by atoms with Crippen molar-refractivity contribution in [1.29, 1.82) is 0 Å². The minimum Gasteiger partial charge on any atom is -0.459 e. The smallest absolute Gasteiger partial charge is 0.288 e. The van der Waals surface area contributed by atoms with E-state index in [4.69, 9.17) is 18.9 Å². The van der Waals surface area contributed by atoms with Gasteiger partial charge in [-0.15, -0.1) is 0 Å². The van der Waals surface area contributed by atoms with E-state index in [-0.39, 0.29) is 43.2 Å². The Morgan fingerprint density at radius 3 is 2.45 bits per heavy atom. The van der Waals surface area contributed by atoms with Gasteiger partial charge in [-0.25, -0.2) is 0 Å². The molecule has 0 saturated heterocycles. The third kappa shape index (κ3) is 6.14. The summed E-state index contributed by atoms with van der Waals surface area (Å²) in [7, 11) is 4.68. The Hall–Kier alpha value is -3.50. The molecule has 0 fully saturated rings. The van der Waals surface area contributed by atoms with E-state index in [2.05, 4.69) is 0 Å². The Kier molecular flexibility index (Phi) is 8.96. The van der Waals surface area contributed by atoms with E-state index in [1.807, 2.05) is 54.7 Å². The van der Waals surface area contributed by atoms with E-state index in [0.29, 0.717) is 6.42 Å². The topological polar surface area (TPSA) is 99.5 Å². The molecule has 1 aromatic heterocycles. The van der Waals surface area contributed by atoms with Gasteiger partial charge in [0.25, 0.3) is 5.91 Å². The van der Waals surface area contributed by atoms with Gasteiger partial charge in [0.05, 0.1) is 25.3 Å². The number of carbonyl (C=O) groups excluding carboxylic acids is 2. The number of ether oxygens (including phenoxy) is 4. The number of rotatable bonds is 10. The summed E-state index contributed by atoms with van der Waals surface area (Å²) in [5.74, 6) is -0.493. The number of likely N-dealkylation sites (N-methyl/N-ethyl adjacent to an activating group) is 1. The summed E-state index contributed by atoms with van der Waals surface area (Å²) in [5.41, 5.74) is 3.45. The largest absolute Gasteiger partial charge is 0.459 e. The number of nitrogens with zero attached hydrogens (tertiary/aromatic N) is 2. The lowest BCUT2D eigenvalue weighted by Gasteiger charge is -2.31. The van der Waals surface area contributed by atoms with Crippen LogP contribution < -0.4 is 0 Å². The zero-order valence-electron chi connectivity index (χ0n) is 22.1. The predicted molar refractivity (Wildman–Crippen MR) is 141 cm³/mol. The van der Waals surface area contributed by atoms with Crippen molar-refractivity contribution >= 4 is 22.7 Å². The molecular weight excluding hydrogens is 488 g/mol. The fourth-order valence-corrected chi connectivity index (χ4v) is 4.56. The van der Waals surface area contributed by atoms with Crippen LogP contribution in [0, 0.1) is 0 Å². The summed E-state index contributed by atoms with van der Waals surface area (Å²) in [5, 5.41) is 10.2. The first kappa shape index (κ1) is 27.5. The minimum atomic E-state index is -0.699. The SMILES string of the molecule is COC(CN(C)C(=O)C1=C[C@@H](c2cn(C(C)=O)c3ccccc23)C[C@@H](OCc2ccc(CO)cc2)O1)OC. The van der Waals surface area contributed by atoms with Crippen LogP contribution >= 0.6 is 0 Å². The maximum atomic E-state index is 13.4. The molecule has 0 unspecified atom stereocenters. The van der Waals surface area contributed by atoms with Crippen molar-refractivity contribution in [1.82, 2.24) is 9.47 Å². The normalized spacial score (nSPS) is 17.4. The van der Waals surface area contributed by atoms with Gasteiger partial charge in [0.1, 0.15) is 0 Å². The Bertz CT molecular complexity index is 1290. The van der Waals surface area contributed by atoms with Crippen LogP contribution in [-0.2, 0) is 37.0 Å². The minimum absolute atomic E-state index is 0.0286. The molecule has 1 aliphatic rings. The number of hydrogen-bond acceptors (Lipinski definition) is 7. The van der Waals surface area contributed by atoms with E-state index < -0.39 is 12.6 Å². The van der Waals surface area contributed by atoms with Crippen LogP contribution in [0.2, 0.25) is 0 Å². The fourth-order valence-electron chi connectivity index (χ4n) is 4.56. The van der Waals surface area contributed by atoms with E-state index in [1.165, 1.54) is 26.0 Å². The lowest BCUT2D eigenvalue weighted by Crippen LogP contribution is -2.39. The average Bonchev–Trinajstić information content (AvgIpc) is 3.34. The van der Waals surface area contributed by atoms with Crippen molar-refractivity contribution in [3.63, 3.8) is 0 Å². The number of para-hydroxylation sites is 1. The highest BCUT2D eigenvalue weighted by molar-refractivity contribution is 5.95. The van der Waals surface area contributed by atoms with Crippen LogP contribution in [-0.4, -0.2) is 66.8 Å². The maximum Gasteiger partial charge on any atom is 0.288 e. The standard InChI is InChI=1S/C29H34N2O7/c1-19(33)31-15-24(23-7-5-6-8-25(23)31)22-13-26(29(34)30(2)16-28(35-3)36-4)38-27(14-22)37-18-21-11-9-20(17-32)10-12-21/h5-13,15,22,27-28,32H,14,16-18H2,1-4H3/t22-,27+/m1/s1. The number of methoxy groups -OCH3 is 2. The first-order valence-electron chi connectivity index (χ1n) is 12.4. The van der Waals surface area contributed by atoms with Crippen LogP contribution in [0.4, 0.5) is 0 Å². The van der Waals surface area contributed by atoms with Crippen molar-refractivity contribution < 1.29 is 33.6 Å². The van der Waals surface area contributed by atoms with E-state index >= 15 is 0 Å². The van der Waals surface area contributed by atoms with Crippen LogP contribution in [0.5, 0.6) is 0 Å². The number of allylic oxidation sites excluding steroid dienone is 1. The summed E-state index contributed by atoms with van der Waals surface area (Å²) in [6.45, 7) is 1.98. The molecular formula is C29H34N2O7. The summed E-state index contributed by atoms with van der Waals surface area (Å²) in [4.78, 5) is 27.2. The number of hydrogen-bond donors (Lipinski definition) is 1. The predicted octanol–water partition coefficient (Wildman–Crippen LogP) is 3.80. The fraction of sp³-hybridized carbons (Fsp3) is 0.379. The lowest BCUT2D eigenvalue weighted by atomic mass is 9.92. The molecule has 0 radical (unpaired) electrons. The Morgan fingerprint density at radius 1 is 1.11 bits per heavy atom. The quantitative estimate of drug-likeness (QED) is 0.404. The average molecular weight is 523 g/mol. The van der Waals surface area contributed by atoms with Gasteiger partial charge in [0.2, 0.25) is 12.2 Å². The molecule has 1 amide bonds. The van der Waals surface area contributed by atoms with Gasteiger partial charge >= 0.3 is 0 Å². The van der Waals surface area contributed by atoms with Crippen molar-refractivity contribution in [2.45, 2.75) is 45.1 Å². The Labute approximate surface area is 222 Å². The highest BCUT2D eigenvalue weighted by Crippen LogP contribution is 2.37. The van der Waals surface area contributed by atoms with Gasteiger partial charge in [0.15, 0.2) is 12.0 Å². The first-order chi connectivity index (χ1) is 18.3. The number of fused-ring (bicyclic) bond motifs is 1. The third-order valence-electron chi connectivity index (χ3n) is 6.69. The molecule has 2 aromatic carbocycles. The van der Waals surface area contributed by atoms with Crippen molar-refractivity contribution in [2.75, 3.05) is 27.8 Å². The summed E-state index contributed by atoms with van der Waals surface area (Å²) in [6.07, 6.45) is 2.82. The number of aliphatic hydroxyl groups is 1. The number of carbonyl (C=O) groups is 2. The highest BCUT2D eigenvalue weighted by atomic mass is 16.7. The molecule has 2 heterocycles. The maximum absolute atomic E-state index is 13.4. The molecule has 38 heavy (non-hydrogen) atoms. The van der Waals surface area contributed by atoms with Gasteiger partial charge in [-0.2, -0.15) is 0 Å². The molecule has 202 valence electrons. The molecule has 4 rings (SSSR count). The molecule has 9 heteroatoms. The van der Waals surface area contributed by atoms with Crippen LogP contribution in [0.3, 0.4) is 0 Å². The molecule has 1 aliphatic heterocycles. The van der Waals surface area contributed by atoms with E-state index in [1.54, 1.807) is 17.7 Å². The van der Waals surface area contributed by atoms with E-state index in [0.717, 1.165) is 27.6 Å². The summed E-state index contributed by atoms with van der Waals surface area (Å²) >= 11 is 0. The van der Waals surface area contributed by atoms with Gasteiger partial charge in [-0.3, -0.25) is 14.2 Å². The highest BCUT2D eigenvalue weighted by Gasteiger charge is 2.32. The molecule has 9 nitrogen and oxygen atoms in total. The lowest BCUT2D eigenvalue weighted by molar-refractivity contribution is -0.160. The Balaban J connectivity index is 1.63. The monoisotopic (exact) mass is 522 g/mol. The number of aliphatic hydroxyl groups excluding tert-OH is 1. The second-order valence-corrected chi connectivity index (χ2v) is 9.28. The molecule has 3 aromatic rings. The van der Waals surface area contributed by atoms with Gasteiger partial charge in [0, 0.05) is 52.1 Å². The zero-order valence-corrected chi connectivity index (χ0v) is 22.1. The Morgan fingerprint density at radius 2 is 1.79 bits per heavy atom. The molecule has 0 bridgehead atoms. The zero-order chi connectivity index (χ0) is 27.2. The van der Waals surface area contributed by atoms with Gasteiger partial charge in [-0.05, 0) is 28.8 Å². The third-order valence-corrected chi connectivity index (χ3v) is 6.69. The van der Waals surface area contributed by atoms with Crippen LogP contribution in [0.15, 0.2) is 66.6 Å². The summed E-state index contributed by atoms with van der Waals surface area (Å²) in [6, 6.07) is 15.2. The second-order valence-electron chi connectivity index (χ2n) is 9.28. The molecule has 2 atom stereocenters. The van der Waals surface area contributed by atoms with E-state index in [9.17, 15) is 14.7 Å². The molecule has 0 aliphatic carbocycles. The van der Waals surface area contributed by atoms with Gasteiger partial charge in [-0.1, -0.05) is 42.5 Å².